The number of ether oxygens (including phenoxy) is 2. The fraction of sp³-hybridized carbons (Fsp3) is 0.900. The first-order chi connectivity index (χ1) is 12.2. The van der Waals surface area contributed by atoms with Gasteiger partial charge in [-0.1, -0.05) is 64.7 Å². The molecule has 1 fully saturated rings. The predicted octanol–water partition coefficient (Wildman–Crippen LogP) is 3.31. The van der Waals surface area contributed by atoms with E-state index in [-0.39, 0.29) is 6.61 Å². The first kappa shape index (κ1) is 22.4. The number of hydrogen-bond acceptors (Lipinski definition) is 5. The third-order valence-corrected chi connectivity index (χ3v) is 4.79. The Morgan fingerprint density at radius 2 is 1.64 bits per heavy atom. The number of allylic oxidation sites excluding steroid dienone is 1. The van der Waals surface area contributed by atoms with E-state index in [2.05, 4.69) is 6.92 Å². The maximum atomic E-state index is 9.82. The van der Waals surface area contributed by atoms with Gasteiger partial charge in [0, 0.05) is 0 Å². The van der Waals surface area contributed by atoms with E-state index in [0.717, 1.165) is 12.8 Å². The molecule has 0 spiro atoms. The molecule has 0 aromatic carbocycles. The number of rotatable bonds is 15. The number of unbranched alkanes of at least 4 members (excludes halogenated alkanes) is 10. The molecule has 1 aliphatic heterocycles. The zero-order valence-corrected chi connectivity index (χ0v) is 15.8. The van der Waals surface area contributed by atoms with E-state index in [1.807, 2.05) is 6.08 Å². The second-order valence-corrected chi connectivity index (χ2v) is 7.06. The van der Waals surface area contributed by atoms with Crippen LogP contribution in [0, 0.1) is 0 Å². The summed E-state index contributed by atoms with van der Waals surface area (Å²) < 4.78 is 10.8. The molecular formula is C20H38O5. The minimum absolute atomic E-state index is 0.124. The second-order valence-electron chi connectivity index (χ2n) is 7.06. The summed E-state index contributed by atoms with van der Waals surface area (Å²) in [4.78, 5) is 0. The Morgan fingerprint density at radius 3 is 2.24 bits per heavy atom. The van der Waals surface area contributed by atoms with Crippen LogP contribution in [0.2, 0.25) is 0 Å². The molecule has 5 nitrogen and oxygen atoms in total. The van der Waals surface area contributed by atoms with Gasteiger partial charge in [-0.15, -0.1) is 0 Å². The van der Waals surface area contributed by atoms with Gasteiger partial charge in [-0.05, 0) is 18.9 Å². The number of aliphatic hydroxyl groups excluding tert-OH is 3. The topological polar surface area (TPSA) is 79.2 Å². The highest BCUT2D eigenvalue weighted by Crippen LogP contribution is 2.21. The highest BCUT2D eigenvalue weighted by Gasteiger charge is 2.41. The molecule has 1 rings (SSSR count). The Balaban J connectivity index is 1.99. The monoisotopic (exact) mass is 358 g/mol. The maximum absolute atomic E-state index is 9.82. The average molecular weight is 359 g/mol. The van der Waals surface area contributed by atoms with Gasteiger partial charge in [0.25, 0.3) is 0 Å². The third kappa shape index (κ3) is 9.59. The van der Waals surface area contributed by atoms with Crippen LogP contribution >= 0.6 is 0 Å². The summed E-state index contributed by atoms with van der Waals surface area (Å²) in [5.41, 5.74) is 0. The summed E-state index contributed by atoms with van der Waals surface area (Å²) in [6.07, 6.45) is 14.6. The van der Waals surface area contributed by atoms with E-state index in [0.29, 0.717) is 0 Å². The highest BCUT2D eigenvalue weighted by atomic mass is 16.6. The van der Waals surface area contributed by atoms with Gasteiger partial charge in [-0.25, -0.2) is 0 Å². The number of aliphatic hydroxyl groups is 3. The molecule has 5 heteroatoms. The quantitative estimate of drug-likeness (QED) is 0.309. The van der Waals surface area contributed by atoms with Gasteiger partial charge in [-0.3, -0.25) is 0 Å². The lowest BCUT2D eigenvalue weighted by molar-refractivity contribution is -0.0721. The van der Waals surface area contributed by atoms with Gasteiger partial charge in [-0.2, -0.15) is 0 Å². The van der Waals surface area contributed by atoms with Crippen molar-refractivity contribution in [2.24, 2.45) is 0 Å². The highest BCUT2D eigenvalue weighted by molar-refractivity contribution is 4.91. The summed E-state index contributed by atoms with van der Waals surface area (Å²) in [6.45, 7) is 1.97. The third-order valence-electron chi connectivity index (χ3n) is 4.79. The standard InChI is InChI=1S/C20H38O5/c1-2-3-4-5-6-7-8-9-10-11-12-13-14-24-20-18(23)16-25-19(20)17(22)15-21/h13-14,17-23H,2-12,15-16H2,1H3/b14-13+/t17-,18+,19-,20-/m0/s1. The normalized spacial score (nSPS) is 24.9. The molecule has 1 heterocycles. The van der Waals surface area contributed by atoms with Crippen LogP contribution in [0.25, 0.3) is 0 Å². The lowest BCUT2D eigenvalue weighted by atomic mass is 10.1. The first-order valence-corrected chi connectivity index (χ1v) is 10.1. The first-order valence-electron chi connectivity index (χ1n) is 10.1. The van der Waals surface area contributed by atoms with E-state index in [4.69, 9.17) is 14.6 Å². The van der Waals surface area contributed by atoms with Gasteiger partial charge in [0.05, 0.1) is 19.5 Å². The van der Waals surface area contributed by atoms with Crippen LogP contribution in [0.4, 0.5) is 0 Å². The van der Waals surface area contributed by atoms with Crippen molar-refractivity contribution >= 4 is 0 Å². The number of hydrogen-bond donors (Lipinski definition) is 3. The summed E-state index contributed by atoms with van der Waals surface area (Å²) >= 11 is 0. The van der Waals surface area contributed by atoms with Gasteiger partial charge in [0.2, 0.25) is 0 Å². The Morgan fingerprint density at radius 1 is 1.04 bits per heavy atom. The fourth-order valence-electron chi connectivity index (χ4n) is 3.18. The summed E-state index contributed by atoms with van der Waals surface area (Å²) in [7, 11) is 0. The van der Waals surface area contributed by atoms with Crippen LogP contribution in [0.3, 0.4) is 0 Å². The van der Waals surface area contributed by atoms with Crippen LogP contribution < -0.4 is 0 Å². The van der Waals surface area contributed by atoms with E-state index in [1.165, 1.54) is 57.8 Å². The maximum Gasteiger partial charge on any atom is 0.154 e. The zero-order chi connectivity index (χ0) is 18.3. The summed E-state index contributed by atoms with van der Waals surface area (Å²) in [5, 5.41) is 28.5. The molecule has 0 amide bonds. The van der Waals surface area contributed by atoms with Crippen molar-refractivity contribution in [1.82, 2.24) is 0 Å². The van der Waals surface area contributed by atoms with Gasteiger partial charge >= 0.3 is 0 Å². The Hall–Kier alpha value is -0.620. The SMILES string of the molecule is CCCCCCCCCCCC/C=C/O[C@@H]1[C@H]([C@@H](O)CO)OC[C@H]1O. The molecule has 25 heavy (non-hydrogen) atoms. The lowest BCUT2D eigenvalue weighted by Gasteiger charge is -2.22. The molecular weight excluding hydrogens is 320 g/mol. The van der Waals surface area contributed by atoms with Crippen molar-refractivity contribution in [3.63, 3.8) is 0 Å². The van der Waals surface area contributed by atoms with Crippen LogP contribution in [0.15, 0.2) is 12.3 Å². The molecule has 4 atom stereocenters. The predicted molar refractivity (Wildman–Crippen MR) is 99.3 cm³/mol. The molecule has 0 aliphatic carbocycles. The molecule has 0 unspecified atom stereocenters. The van der Waals surface area contributed by atoms with Crippen LogP contribution in [-0.4, -0.2) is 52.9 Å². The molecule has 1 saturated heterocycles. The van der Waals surface area contributed by atoms with Crippen LogP contribution in [-0.2, 0) is 9.47 Å². The van der Waals surface area contributed by atoms with Gasteiger partial charge in [0.1, 0.15) is 18.3 Å². The van der Waals surface area contributed by atoms with E-state index >= 15 is 0 Å². The Labute approximate surface area is 153 Å². The summed E-state index contributed by atoms with van der Waals surface area (Å²) in [6, 6.07) is 0. The molecule has 0 radical (unpaired) electrons. The van der Waals surface area contributed by atoms with Crippen LogP contribution in [0.1, 0.15) is 77.6 Å². The van der Waals surface area contributed by atoms with Crippen molar-refractivity contribution in [2.45, 2.75) is 102 Å². The molecule has 0 bridgehead atoms. The minimum Gasteiger partial charge on any atom is -0.493 e. The molecule has 0 aromatic heterocycles. The van der Waals surface area contributed by atoms with Crippen molar-refractivity contribution in [3.8, 4) is 0 Å². The van der Waals surface area contributed by atoms with Crippen molar-refractivity contribution in [2.75, 3.05) is 13.2 Å². The largest absolute Gasteiger partial charge is 0.493 e. The molecule has 1 aliphatic rings. The smallest absolute Gasteiger partial charge is 0.154 e. The van der Waals surface area contributed by atoms with Crippen molar-refractivity contribution in [3.05, 3.63) is 12.3 Å². The van der Waals surface area contributed by atoms with E-state index in [9.17, 15) is 10.2 Å². The minimum atomic E-state index is -1.03. The Bertz CT molecular complexity index is 334. The van der Waals surface area contributed by atoms with Crippen molar-refractivity contribution < 1.29 is 24.8 Å². The van der Waals surface area contributed by atoms with Gasteiger partial charge < -0.3 is 24.8 Å². The Kier molecular flexibility index (Phi) is 13.0. The molecule has 0 aromatic rings. The fourth-order valence-corrected chi connectivity index (χ4v) is 3.18. The second kappa shape index (κ2) is 14.5. The molecule has 3 N–H and O–H groups in total. The molecule has 0 saturated carbocycles. The average Bonchev–Trinajstić information content (AvgIpc) is 2.99. The lowest BCUT2D eigenvalue weighted by Crippen LogP contribution is -2.41. The summed E-state index contributed by atoms with van der Waals surface area (Å²) in [5.74, 6) is 0. The zero-order valence-electron chi connectivity index (χ0n) is 15.8. The van der Waals surface area contributed by atoms with E-state index < -0.39 is 31.0 Å². The van der Waals surface area contributed by atoms with Gasteiger partial charge in [0.15, 0.2) is 6.10 Å². The molecule has 148 valence electrons. The van der Waals surface area contributed by atoms with E-state index in [1.54, 1.807) is 6.26 Å². The van der Waals surface area contributed by atoms with Crippen LogP contribution in [0.5, 0.6) is 0 Å². The van der Waals surface area contributed by atoms with Crippen molar-refractivity contribution in [1.29, 1.82) is 0 Å².